The Balaban J connectivity index is 2.87. The van der Waals surface area contributed by atoms with Crippen molar-refractivity contribution in [2.24, 2.45) is 0 Å². The fourth-order valence-electron chi connectivity index (χ4n) is 0.841. The molecule has 13 heavy (non-hydrogen) atoms. The van der Waals surface area contributed by atoms with Gasteiger partial charge in [-0.2, -0.15) is 5.10 Å². The van der Waals surface area contributed by atoms with Crippen molar-refractivity contribution >= 4 is 0 Å². The van der Waals surface area contributed by atoms with E-state index in [1.54, 1.807) is 0 Å². The van der Waals surface area contributed by atoms with E-state index < -0.39 is 6.10 Å². The summed E-state index contributed by atoms with van der Waals surface area (Å²) in [6.07, 6.45) is -0.993. The summed E-state index contributed by atoms with van der Waals surface area (Å²) in [5, 5.41) is 24.4. The van der Waals surface area contributed by atoms with Crippen LogP contribution in [0, 0.1) is 0 Å². The standard InChI is InChI=1S/C8H15N3O2/c1-8(2,3)7-9-6(10-11-7)5(13)4-12/h5,12-13H,4H2,1-3H3,(H,9,10,11). The molecular formula is C8H15N3O2. The third kappa shape index (κ3) is 2.26. The molecule has 1 heterocycles. The maximum absolute atomic E-state index is 9.21. The van der Waals surface area contributed by atoms with Crippen LogP contribution in [0.15, 0.2) is 0 Å². The van der Waals surface area contributed by atoms with E-state index in [4.69, 9.17) is 5.11 Å². The lowest BCUT2D eigenvalue weighted by atomic mass is 9.96. The Morgan fingerprint density at radius 3 is 2.46 bits per heavy atom. The molecule has 0 saturated heterocycles. The molecular weight excluding hydrogens is 170 g/mol. The molecule has 0 aliphatic carbocycles. The second kappa shape index (κ2) is 3.43. The topological polar surface area (TPSA) is 82.0 Å². The Hall–Kier alpha value is -0.940. The Morgan fingerprint density at radius 2 is 2.08 bits per heavy atom. The number of H-pyrrole nitrogens is 1. The van der Waals surface area contributed by atoms with Crippen molar-refractivity contribution in [1.82, 2.24) is 15.2 Å². The fraction of sp³-hybridized carbons (Fsp3) is 0.750. The molecule has 5 heteroatoms. The highest BCUT2D eigenvalue weighted by Gasteiger charge is 2.20. The van der Waals surface area contributed by atoms with Crippen LogP contribution in [0.2, 0.25) is 0 Å². The van der Waals surface area contributed by atoms with Crippen LogP contribution < -0.4 is 0 Å². The van der Waals surface area contributed by atoms with Gasteiger partial charge in [-0.1, -0.05) is 20.8 Å². The van der Waals surface area contributed by atoms with E-state index in [9.17, 15) is 5.11 Å². The van der Waals surface area contributed by atoms with Gasteiger partial charge in [0, 0.05) is 5.41 Å². The number of hydrogen-bond acceptors (Lipinski definition) is 4. The van der Waals surface area contributed by atoms with Crippen molar-refractivity contribution in [3.8, 4) is 0 Å². The average molecular weight is 185 g/mol. The van der Waals surface area contributed by atoms with Crippen LogP contribution >= 0.6 is 0 Å². The summed E-state index contributed by atoms with van der Waals surface area (Å²) in [6.45, 7) is 5.61. The van der Waals surface area contributed by atoms with Gasteiger partial charge in [0.05, 0.1) is 6.61 Å². The van der Waals surface area contributed by atoms with Gasteiger partial charge in [-0.05, 0) is 0 Å². The second-order valence-electron chi connectivity index (χ2n) is 3.99. The number of nitrogens with one attached hydrogen (secondary N) is 1. The molecule has 1 atom stereocenters. The predicted octanol–water partition coefficient (Wildman–Crippen LogP) is 0.128. The monoisotopic (exact) mass is 185 g/mol. The van der Waals surface area contributed by atoms with Crippen molar-refractivity contribution in [2.45, 2.75) is 32.3 Å². The van der Waals surface area contributed by atoms with E-state index in [-0.39, 0.29) is 17.8 Å². The number of rotatable bonds is 2. The number of aromatic amines is 1. The van der Waals surface area contributed by atoms with Crippen LogP contribution in [-0.2, 0) is 5.41 Å². The van der Waals surface area contributed by atoms with E-state index in [0.29, 0.717) is 5.82 Å². The van der Waals surface area contributed by atoms with Gasteiger partial charge in [-0.3, -0.25) is 5.10 Å². The highest BCUT2D eigenvalue weighted by Crippen LogP contribution is 2.18. The molecule has 1 aromatic rings. The molecule has 0 fully saturated rings. The van der Waals surface area contributed by atoms with Crippen LogP contribution in [-0.4, -0.2) is 32.0 Å². The molecule has 0 aromatic carbocycles. The Bertz CT molecular complexity index is 277. The van der Waals surface area contributed by atoms with Crippen LogP contribution in [0.5, 0.6) is 0 Å². The van der Waals surface area contributed by atoms with E-state index in [1.807, 2.05) is 20.8 Å². The van der Waals surface area contributed by atoms with Crippen molar-refractivity contribution < 1.29 is 10.2 Å². The maximum Gasteiger partial charge on any atom is 0.181 e. The molecule has 1 unspecified atom stereocenters. The molecule has 0 aliphatic rings. The molecule has 0 bridgehead atoms. The summed E-state index contributed by atoms with van der Waals surface area (Å²) in [7, 11) is 0. The highest BCUT2D eigenvalue weighted by molar-refractivity contribution is 5.03. The molecule has 0 radical (unpaired) electrons. The first-order valence-corrected chi connectivity index (χ1v) is 4.17. The Labute approximate surface area is 76.8 Å². The summed E-state index contributed by atoms with van der Waals surface area (Å²) >= 11 is 0. The van der Waals surface area contributed by atoms with Crippen molar-refractivity contribution in [3.63, 3.8) is 0 Å². The lowest BCUT2D eigenvalue weighted by molar-refractivity contribution is 0.0888. The van der Waals surface area contributed by atoms with E-state index >= 15 is 0 Å². The molecule has 5 nitrogen and oxygen atoms in total. The second-order valence-corrected chi connectivity index (χ2v) is 3.99. The minimum atomic E-state index is -0.993. The normalized spacial score (nSPS) is 14.5. The lowest BCUT2D eigenvalue weighted by Gasteiger charge is -2.13. The summed E-state index contributed by atoms with van der Waals surface area (Å²) < 4.78 is 0. The van der Waals surface area contributed by atoms with Gasteiger partial charge in [0.1, 0.15) is 11.9 Å². The molecule has 0 saturated carbocycles. The zero-order valence-corrected chi connectivity index (χ0v) is 8.07. The van der Waals surface area contributed by atoms with Crippen molar-refractivity contribution in [1.29, 1.82) is 0 Å². The lowest BCUT2D eigenvalue weighted by Crippen LogP contribution is -2.13. The van der Waals surface area contributed by atoms with E-state index in [2.05, 4.69) is 15.2 Å². The molecule has 1 aromatic heterocycles. The molecule has 74 valence electrons. The number of aliphatic hydroxyl groups is 2. The molecule has 0 spiro atoms. The third-order valence-electron chi connectivity index (χ3n) is 1.68. The van der Waals surface area contributed by atoms with Gasteiger partial charge in [0.2, 0.25) is 0 Å². The number of nitrogens with zero attached hydrogens (tertiary/aromatic N) is 2. The largest absolute Gasteiger partial charge is 0.393 e. The average Bonchev–Trinajstić information content (AvgIpc) is 2.50. The van der Waals surface area contributed by atoms with E-state index in [0.717, 1.165) is 0 Å². The van der Waals surface area contributed by atoms with Crippen molar-refractivity contribution in [3.05, 3.63) is 11.6 Å². The Morgan fingerprint density at radius 1 is 1.46 bits per heavy atom. The van der Waals surface area contributed by atoms with Crippen LogP contribution in [0.3, 0.4) is 0 Å². The molecule has 0 amide bonds. The van der Waals surface area contributed by atoms with Gasteiger partial charge in [-0.25, -0.2) is 4.98 Å². The Kier molecular flexibility index (Phi) is 2.68. The van der Waals surface area contributed by atoms with Crippen LogP contribution in [0.1, 0.15) is 38.5 Å². The van der Waals surface area contributed by atoms with Crippen molar-refractivity contribution in [2.75, 3.05) is 6.61 Å². The predicted molar refractivity (Wildman–Crippen MR) is 47.1 cm³/mol. The smallest absolute Gasteiger partial charge is 0.181 e. The highest BCUT2D eigenvalue weighted by atomic mass is 16.3. The number of hydrogen-bond donors (Lipinski definition) is 3. The van der Waals surface area contributed by atoms with Crippen LogP contribution in [0.25, 0.3) is 0 Å². The third-order valence-corrected chi connectivity index (χ3v) is 1.68. The zero-order chi connectivity index (χ0) is 10.1. The number of aliphatic hydroxyl groups excluding tert-OH is 2. The maximum atomic E-state index is 9.21. The summed E-state index contributed by atoms with van der Waals surface area (Å²) in [6, 6.07) is 0. The first-order valence-electron chi connectivity index (χ1n) is 4.17. The first kappa shape index (κ1) is 10.1. The van der Waals surface area contributed by atoms with Gasteiger partial charge < -0.3 is 10.2 Å². The summed E-state index contributed by atoms with van der Waals surface area (Å²) in [5.41, 5.74) is -0.125. The summed E-state index contributed by atoms with van der Waals surface area (Å²) in [5.74, 6) is 0.947. The SMILES string of the molecule is CC(C)(C)c1nc(C(O)CO)n[nH]1. The van der Waals surface area contributed by atoms with Gasteiger partial charge in [0.25, 0.3) is 0 Å². The first-order chi connectivity index (χ1) is 5.95. The van der Waals surface area contributed by atoms with Gasteiger partial charge in [-0.15, -0.1) is 0 Å². The minimum absolute atomic E-state index is 0.125. The van der Waals surface area contributed by atoms with Crippen LogP contribution in [0.4, 0.5) is 0 Å². The zero-order valence-electron chi connectivity index (χ0n) is 8.07. The number of aromatic nitrogens is 3. The molecule has 1 rings (SSSR count). The summed E-state index contributed by atoms with van der Waals surface area (Å²) in [4.78, 5) is 4.08. The quantitative estimate of drug-likeness (QED) is 0.611. The fourth-order valence-corrected chi connectivity index (χ4v) is 0.841. The van der Waals surface area contributed by atoms with Gasteiger partial charge in [0.15, 0.2) is 5.82 Å². The van der Waals surface area contributed by atoms with Gasteiger partial charge >= 0.3 is 0 Å². The molecule has 0 aliphatic heterocycles. The molecule has 3 N–H and O–H groups in total. The van der Waals surface area contributed by atoms with E-state index in [1.165, 1.54) is 0 Å². The minimum Gasteiger partial charge on any atom is -0.393 e.